The first kappa shape index (κ1) is 6.84. The highest BCUT2D eigenvalue weighted by Crippen LogP contribution is 1.96. The van der Waals surface area contributed by atoms with E-state index < -0.39 is 0 Å². The fourth-order valence-corrected chi connectivity index (χ4v) is 0.519. The molecule has 0 radical (unpaired) electrons. The molecule has 0 aromatic heterocycles. The first-order valence-corrected chi connectivity index (χ1v) is 3.27. The molecule has 0 amide bonds. The lowest BCUT2D eigenvalue weighted by molar-refractivity contribution is 0.602. The molecule has 0 aromatic carbocycles. The van der Waals surface area contributed by atoms with Gasteiger partial charge in [-0.2, -0.15) is 0 Å². The van der Waals surface area contributed by atoms with Gasteiger partial charge in [0.05, 0.1) is 0 Å². The van der Waals surface area contributed by atoms with Crippen LogP contribution in [0.3, 0.4) is 0 Å². The maximum Gasteiger partial charge on any atom is 0.183 e. The van der Waals surface area contributed by atoms with Gasteiger partial charge in [0, 0.05) is 5.82 Å². The van der Waals surface area contributed by atoms with E-state index >= 15 is 0 Å². The normalized spacial score (nSPS) is 11.0. The predicted molar refractivity (Wildman–Crippen MR) is 31.7 cm³/mol. The molecule has 0 atom stereocenters. The molecule has 0 aliphatic carbocycles. The summed E-state index contributed by atoms with van der Waals surface area (Å²) in [6.07, 6.45) is 4.08. The Balaban J connectivity index is 2.92. The van der Waals surface area contributed by atoms with Gasteiger partial charge in [-0.05, 0) is 6.42 Å². The summed E-state index contributed by atoms with van der Waals surface area (Å²) in [5.41, 5.74) is 0. The summed E-state index contributed by atoms with van der Waals surface area (Å²) >= 11 is 0. The molecule has 1 nitrogen and oxygen atoms in total. The molecule has 7 heavy (non-hydrogen) atoms. The maximum absolute atomic E-state index is 9.69. The molecule has 0 saturated heterocycles. The molecular weight excluding hydrogens is 107 g/mol. The topological polar surface area (TPSA) is 17.1 Å². The van der Waals surface area contributed by atoms with Crippen molar-refractivity contribution in [1.82, 2.24) is 0 Å². The van der Waals surface area contributed by atoms with E-state index in [0.29, 0.717) is 0 Å². The van der Waals surface area contributed by atoms with Gasteiger partial charge in [-0.25, -0.2) is 0 Å². The van der Waals surface area contributed by atoms with E-state index in [1.807, 2.05) is 6.08 Å². The molecule has 0 aliphatic rings. The third kappa shape index (κ3) is 5.84. The Bertz CT molecular complexity index is 68.5. The zero-order valence-electron chi connectivity index (χ0n) is 4.42. The van der Waals surface area contributed by atoms with E-state index in [2.05, 4.69) is 6.92 Å². The molecule has 0 rings (SSSR count). The quantitative estimate of drug-likeness (QED) is 0.518. The van der Waals surface area contributed by atoms with E-state index in [0.717, 1.165) is 12.8 Å². The Morgan fingerprint density at radius 1 is 1.71 bits per heavy atom. The summed E-state index contributed by atoms with van der Waals surface area (Å²) in [5, 5.41) is 0. The highest BCUT2D eigenvalue weighted by Gasteiger charge is 1.68. The van der Waals surface area contributed by atoms with Crippen LogP contribution in [0.4, 0.5) is 0 Å². The van der Waals surface area contributed by atoms with Crippen molar-refractivity contribution in [2.75, 3.05) is 0 Å². The monoisotopic (exact) mass is 116 g/mol. The van der Waals surface area contributed by atoms with Gasteiger partial charge < -0.3 is 0 Å². The number of rotatable bonds is 3. The predicted octanol–water partition coefficient (Wildman–Crippen LogP) is 2.59. The van der Waals surface area contributed by atoms with Crippen LogP contribution in [-0.4, -0.2) is 0 Å². The van der Waals surface area contributed by atoms with Gasteiger partial charge in [0.2, 0.25) is 0 Å². The van der Waals surface area contributed by atoms with Crippen LogP contribution >= 0.6 is 8.46 Å². The number of hydrogen-bond acceptors (Lipinski definition) is 1. The molecule has 0 unspecified atom stereocenters. The van der Waals surface area contributed by atoms with Crippen molar-refractivity contribution >= 4 is 8.46 Å². The van der Waals surface area contributed by atoms with Crippen molar-refractivity contribution in [2.24, 2.45) is 0 Å². The second kappa shape index (κ2) is 5.84. The Labute approximate surface area is 45.6 Å². The first-order chi connectivity index (χ1) is 3.41. The highest BCUT2D eigenvalue weighted by atomic mass is 31.1. The van der Waals surface area contributed by atoms with Crippen molar-refractivity contribution < 1.29 is 4.57 Å². The Kier molecular flexibility index (Phi) is 5.71. The lowest BCUT2D eigenvalue weighted by Gasteiger charge is -1.75. The second-order valence-corrected chi connectivity index (χ2v) is 1.79. The SMILES string of the molecule is CCCC=CP=O. The average molecular weight is 116 g/mol. The van der Waals surface area contributed by atoms with Gasteiger partial charge in [-0.1, -0.05) is 19.4 Å². The fraction of sp³-hybridized carbons (Fsp3) is 0.600. The summed E-state index contributed by atoms with van der Waals surface area (Å²) < 4.78 is 9.69. The Hall–Kier alpha value is -0.160. The van der Waals surface area contributed by atoms with E-state index in [-0.39, 0.29) is 8.46 Å². The first-order valence-electron chi connectivity index (χ1n) is 2.39. The van der Waals surface area contributed by atoms with Crippen LogP contribution in [0.1, 0.15) is 19.8 Å². The van der Waals surface area contributed by atoms with E-state index in [1.165, 1.54) is 0 Å². The average Bonchev–Trinajstić information content (AvgIpc) is 1.69. The second-order valence-electron chi connectivity index (χ2n) is 1.28. The largest absolute Gasteiger partial charge is 0.270 e. The molecule has 2 heteroatoms. The molecule has 0 fully saturated rings. The number of unbranched alkanes of at least 4 members (excludes halogenated alkanes) is 1. The number of hydrogen-bond donors (Lipinski definition) is 0. The van der Waals surface area contributed by atoms with Crippen LogP contribution in [0.25, 0.3) is 0 Å². The van der Waals surface area contributed by atoms with Gasteiger partial charge in [0.25, 0.3) is 0 Å². The molecule has 0 bridgehead atoms. The van der Waals surface area contributed by atoms with Crippen LogP contribution < -0.4 is 0 Å². The van der Waals surface area contributed by atoms with E-state index in [1.54, 1.807) is 5.82 Å². The smallest absolute Gasteiger partial charge is 0.183 e. The molecule has 0 N–H and O–H groups in total. The van der Waals surface area contributed by atoms with Crippen molar-refractivity contribution in [1.29, 1.82) is 0 Å². The molecule has 0 spiro atoms. The van der Waals surface area contributed by atoms with Crippen LogP contribution in [0.2, 0.25) is 0 Å². The van der Waals surface area contributed by atoms with Crippen molar-refractivity contribution in [3.05, 3.63) is 11.9 Å². The van der Waals surface area contributed by atoms with Crippen LogP contribution in [0.5, 0.6) is 0 Å². The summed E-state index contributed by atoms with van der Waals surface area (Å²) in [4.78, 5) is 0. The lowest BCUT2D eigenvalue weighted by atomic mass is 10.3. The van der Waals surface area contributed by atoms with Gasteiger partial charge >= 0.3 is 0 Å². The maximum atomic E-state index is 9.69. The molecule has 0 aromatic rings. The van der Waals surface area contributed by atoms with Crippen LogP contribution in [-0.2, 0) is 4.57 Å². The lowest BCUT2D eigenvalue weighted by Crippen LogP contribution is -1.54. The van der Waals surface area contributed by atoms with Crippen molar-refractivity contribution in [3.8, 4) is 0 Å². The third-order valence-corrected chi connectivity index (χ3v) is 0.954. The summed E-state index contributed by atoms with van der Waals surface area (Å²) in [6, 6.07) is 0. The minimum Gasteiger partial charge on any atom is -0.270 e. The van der Waals surface area contributed by atoms with E-state index in [4.69, 9.17) is 0 Å². The van der Waals surface area contributed by atoms with Gasteiger partial charge in [0.15, 0.2) is 8.46 Å². The number of allylic oxidation sites excluding steroid dienone is 1. The Morgan fingerprint density at radius 2 is 2.43 bits per heavy atom. The zero-order valence-corrected chi connectivity index (χ0v) is 5.32. The van der Waals surface area contributed by atoms with Crippen LogP contribution in [0, 0.1) is 0 Å². The van der Waals surface area contributed by atoms with Crippen molar-refractivity contribution in [3.63, 3.8) is 0 Å². The minimum atomic E-state index is 0.124. The van der Waals surface area contributed by atoms with Gasteiger partial charge in [0.1, 0.15) is 0 Å². The highest BCUT2D eigenvalue weighted by molar-refractivity contribution is 7.27. The van der Waals surface area contributed by atoms with Crippen molar-refractivity contribution in [2.45, 2.75) is 19.8 Å². The molecule has 40 valence electrons. The van der Waals surface area contributed by atoms with E-state index in [9.17, 15) is 4.57 Å². The molecule has 0 heterocycles. The standard InChI is InChI=1S/C5H9OP/c1-2-3-4-5-7-6/h4-5H,2-3H2,1H3. The zero-order chi connectivity index (χ0) is 5.54. The Morgan fingerprint density at radius 3 is 2.86 bits per heavy atom. The van der Waals surface area contributed by atoms with Gasteiger partial charge in [-0.3, -0.25) is 4.57 Å². The summed E-state index contributed by atoms with van der Waals surface area (Å²) in [5.74, 6) is 1.63. The summed E-state index contributed by atoms with van der Waals surface area (Å²) in [7, 11) is 0.124. The molecular formula is C5H9OP. The van der Waals surface area contributed by atoms with Crippen LogP contribution in [0.15, 0.2) is 11.9 Å². The third-order valence-electron chi connectivity index (χ3n) is 0.622. The fourth-order valence-electron chi connectivity index (χ4n) is 0.284. The minimum absolute atomic E-state index is 0.124. The summed E-state index contributed by atoms with van der Waals surface area (Å²) in [6.45, 7) is 2.09. The molecule has 0 saturated carbocycles. The molecule has 0 aliphatic heterocycles. The van der Waals surface area contributed by atoms with Gasteiger partial charge in [-0.15, -0.1) is 0 Å².